The van der Waals surface area contributed by atoms with Gasteiger partial charge in [0.1, 0.15) is 5.75 Å². The van der Waals surface area contributed by atoms with Crippen LogP contribution in [-0.4, -0.2) is 91.4 Å². The maximum atomic E-state index is 10.5. The van der Waals surface area contributed by atoms with E-state index in [0.717, 1.165) is 133 Å². The van der Waals surface area contributed by atoms with Gasteiger partial charge in [0, 0.05) is 90.7 Å². The summed E-state index contributed by atoms with van der Waals surface area (Å²) in [4.78, 5) is 7.38. The Hall–Kier alpha value is -6.75. The van der Waals surface area contributed by atoms with Gasteiger partial charge in [0.25, 0.3) is 0 Å². The quantitative estimate of drug-likeness (QED) is 0.154. The zero-order valence-corrected chi connectivity index (χ0v) is 42.4. The molecule has 0 saturated heterocycles. The summed E-state index contributed by atoms with van der Waals surface area (Å²) in [6.07, 6.45) is 5.55. The van der Waals surface area contributed by atoms with Crippen molar-refractivity contribution in [2.24, 2.45) is 0 Å². The minimum Gasteiger partial charge on any atom is -0.508 e. The van der Waals surface area contributed by atoms with Gasteiger partial charge in [-0.2, -0.15) is 0 Å². The highest BCUT2D eigenvalue weighted by Gasteiger charge is 2.39. The van der Waals surface area contributed by atoms with E-state index in [9.17, 15) is 15.3 Å². The zero-order chi connectivity index (χ0) is 50.4. The molecule has 0 aromatic heterocycles. The minimum atomic E-state index is -0.171. The fraction of sp³-hybridized carbons (Fsp3) is 0.379. The summed E-state index contributed by atoms with van der Waals surface area (Å²) >= 11 is 6.44. The Morgan fingerprint density at radius 3 is 1.64 bits per heavy atom. The van der Waals surface area contributed by atoms with E-state index in [1.165, 1.54) is 51.6 Å². The molecule has 0 unspecified atom stereocenters. The molecule has 9 aliphatic rings. The molecule has 0 bridgehead atoms. The molecule has 3 atom stereocenters. The monoisotopic (exact) mass is 1020 g/mol. The average Bonchev–Trinajstić information content (AvgIpc) is 4.23. The van der Waals surface area contributed by atoms with Gasteiger partial charge in [-0.1, -0.05) is 23.7 Å². The van der Waals surface area contributed by atoms with Gasteiger partial charge in [-0.05, 0) is 137 Å². The number of ether oxygens (including phenoxy) is 9. The van der Waals surface area contributed by atoms with E-state index in [0.29, 0.717) is 61.8 Å². The van der Waals surface area contributed by atoms with E-state index < -0.39 is 0 Å². The molecule has 9 heterocycles. The first kappa shape index (κ1) is 47.0. The molecular formula is C58H58ClN3O12. The third-order valence-electron chi connectivity index (χ3n) is 16.6. The fourth-order valence-corrected chi connectivity index (χ4v) is 13.1. The van der Waals surface area contributed by atoms with Crippen molar-refractivity contribution in [2.45, 2.75) is 82.9 Å². The number of rotatable bonds is 4. The van der Waals surface area contributed by atoms with Gasteiger partial charge in [0.15, 0.2) is 57.5 Å². The van der Waals surface area contributed by atoms with Crippen molar-refractivity contribution >= 4 is 11.6 Å². The van der Waals surface area contributed by atoms with Crippen molar-refractivity contribution in [3.05, 3.63) is 144 Å². The molecule has 6 aromatic rings. The second-order valence-electron chi connectivity index (χ2n) is 20.2. The van der Waals surface area contributed by atoms with Crippen molar-refractivity contribution in [3.63, 3.8) is 0 Å². The summed E-state index contributed by atoms with van der Waals surface area (Å²) in [6, 6.07) is 23.3. The summed E-state index contributed by atoms with van der Waals surface area (Å²) in [7, 11) is 4.92. The lowest BCUT2D eigenvalue weighted by Crippen LogP contribution is -2.39. The molecule has 16 heteroatoms. The van der Waals surface area contributed by atoms with Crippen LogP contribution in [0.1, 0.15) is 90.5 Å². The number of methoxy groups -OCH3 is 3. The van der Waals surface area contributed by atoms with Crippen molar-refractivity contribution in [3.8, 4) is 63.2 Å². The molecule has 0 aliphatic carbocycles. The topological polar surface area (TPSA) is 153 Å². The number of benzene rings is 6. The molecule has 9 aliphatic heterocycles. The summed E-state index contributed by atoms with van der Waals surface area (Å²) in [5.41, 5.74) is 15.3. The normalized spacial score (nSPS) is 20.7. The molecule has 15 nitrogen and oxygen atoms in total. The molecule has 0 radical (unpaired) electrons. The van der Waals surface area contributed by atoms with Crippen LogP contribution in [0.25, 0.3) is 0 Å². The summed E-state index contributed by atoms with van der Waals surface area (Å²) in [5, 5.41) is 30.6. The first-order chi connectivity index (χ1) is 36.2. The predicted octanol–water partition coefficient (Wildman–Crippen LogP) is 8.80. The van der Waals surface area contributed by atoms with Gasteiger partial charge >= 0.3 is 0 Å². The maximum absolute atomic E-state index is 10.5. The number of fused-ring (bicyclic) bond motifs is 16. The van der Waals surface area contributed by atoms with Crippen molar-refractivity contribution < 1.29 is 58.0 Å². The van der Waals surface area contributed by atoms with Crippen LogP contribution >= 0.6 is 11.6 Å². The largest absolute Gasteiger partial charge is 0.508 e. The van der Waals surface area contributed by atoms with E-state index in [4.69, 9.17) is 54.2 Å². The molecule has 3 N–H and O–H groups in total. The standard InChI is InChI=1S/C20H21NO4.C19H20ClNO4.C19H17NO4/c1-22-17-4-3-12-7-16-14-9-19-18(24-11-25-19)8-13(14)5-6-21(16)10-15(12)20(17)23-2;1-25-18-7-15(20)13-5-16-12-6-17(23)11(9-22)4-10(12)2-3-21(16)8-14(13)19(18)24;1-2-16-19(24-10-21-16)14-8-20-4-3-12-6-17-18(23-9-22-17)7-13(12)15(20)5-11(1)14/h3-4,8-9,16H,5-7,10-11H2,1-2H3;4,6-7,16,22-24H,2-3,5,8-9H2,1H3;1-2,6-7,15H,3-5,8-10H2/t2*16-;15-/m111/s1. The number of hydrogen-bond acceptors (Lipinski definition) is 15. The molecular weight excluding hydrogens is 966 g/mol. The van der Waals surface area contributed by atoms with E-state index in [2.05, 4.69) is 51.1 Å². The third kappa shape index (κ3) is 7.93. The Kier molecular flexibility index (Phi) is 12.0. The number of halogens is 1. The van der Waals surface area contributed by atoms with Crippen LogP contribution in [0, 0.1) is 0 Å². The minimum absolute atomic E-state index is 0.0974. The number of hydrogen-bond donors (Lipinski definition) is 3. The second kappa shape index (κ2) is 18.9. The van der Waals surface area contributed by atoms with Crippen LogP contribution < -0.4 is 42.6 Å². The van der Waals surface area contributed by atoms with Crippen LogP contribution in [0.5, 0.6) is 63.2 Å². The Morgan fingerprint density at radius 2 is 1.03 bits per heavy atom. The van der Waals surface area contributed by atoms with Crippen LogP contribution in [0.2, 0.25) is 5.02 Å². The van der Waals surface area contributed by atoms with E-state index >= 15 is 0 Å². The number of nitrogens with zero attached hydrogens (tertiary/aromatic N) is 3. The SMILES string of the molecule is COc1cc(Cl)c2c(c1O)CN1CCc3cc(CO)c(O)cc3[C@H]1C2.COc1ccc2c(c1OC)CN1CCc3cc4c(cc3[C@H]1C2)OCO4.c1cc2c(c3c1C[C@@H]1c4cc5c(cc4CCN1C3)OCO5)OCO2. The lowest BCUT2D eigenvalue weighted by Gasteiger charge is -2.42. The van der Waals surface area contributed by atoms with Crippen LogP contribution in [0.15, 0.2) is 66.7 Å². The molecule has 0 amide bonds. The molecule has 15 rings (SSSR count). The molecule has 74 heavy (non-hydrogen) atoms. The van der Waals surface area contributed by atoms with E-state index in [-0.39, 0.29) is 24.1 Å². The van der Waals surface area contributed by atoms with Gasteiger partial charge in [0.05, 0.1) is 27.9 Å². The predicted molar refractivity (Wildman–Crippen MR) is 273 cm³/mol. The van der Waals surface area contributed by atoms with Crippen LogP contribution in [-0.2, 0) is 64.8 Å². The fourth-order valence-electron chi connectivity index (χ4n) is 12.8. The highest BCUT2D eigenvalue weighted by atomic mass is 35.5. The smallest absolute Gasteiger partial charge is 0.231 e. The van der Waals surface area contributed by atoms with Crippen LogP contribution in [0.4, 0.5) is 0 Å². The Labute approximate surface area is 434 Å². The van der Waals surface area contributed by atoms with Crippen LogP contribution in [0.3, 0.4) is 0 Å². The lowest BCUT2D eigenvalue weighted by molar-refractivity contribution is 0.151. The number of aliphatic hydroxyl groups excluding tert-OH is 1. The Bertz CT molecular complexity index is 3240. The number of aliphatic hydroxyl groups is 1. The summed E-state index contributed by atoms with van der Waals surface area (Å²) in [6.45, 7) is 6.15. The first-order valence-electron chi connectivity index (χ1n) is 25.4. The van der Waals surface area contributed by atoms with Gasteiger partial charge in [-0.15, -0.1) is 0 Å². The van der Waals surface area contributed by atoms with Crippen molar-refractivity contribution in [2.75, 3.05) is 61.3 Å². The number of aromatic hydroxyl groups is 2. The van der Waals surface area contributed by atoms with Gasteiger partial charge in [-0.25, -0.2) is 0 Å². The van der Waals surface area contributed by atoms with E-state index in [1.54, 1.807) is 26.4 Å². The second-order valence-corrected chi connectivity index (χ2v) is 20.6. The maximum Gasteiger partial charge on any atom is 0.231 e. The molecule has 0 fully saturated rings. The third-order valence-corrected chi connectivity index (χ3v) is 17.0. The van der Waals surface area contributed by atoms with Crippen molar-refractivity contribution in [1.29, 1.82) is 0 Å². The van der Waals surface area contributed by atoms with E-state index in [1.807, 2.05) is 18.2 Å². The molecule has 384 valence electrons. The summed E-state index contributed by atoms with van der Waals surface area (Å²) in [5.74, 6) is 7.71. The van der Waals surface area contributed by atoms with Gasteiger partial charge in [-0.3, -0.25) is 14.7 Å². The first-order valence-corrected chi connectivity index (χ1v) is 25.8. The Morgan fingerprint density at radius 1 is 0.514 bits per heavy atom. The molecule has 0 saturated carbocycles. The summed E-state index contributed by atoms with van der Waals surface area (Å²) < 4.78 is 49.9. The highest BCUT2D eigenvalue weighted by Crippen LogP contribution is 2.51. The number of phenolic OH excluding ortho intramolecular Hbond substituents is 1. The zero-order valence-electron chi connectivity index (χ0n) is 41.6. The van der Waals surface area contributed by atoms with Crippen molar-refractivity contribution in [1.82, 2.24) is 14.7 Å². The average molecular weight is 1020 g/mol. The Balaban J connectivity index is 0.000000107. The highest BCUT2D eigenvalue weighted by molar-refractivity contribution is 6.31. The molecule has 6 aromatic carbocycles. The number of phenols is 2. The molecule has 0 spiro atoms. The lowest BCUT2D eigenvalue weighted by atomic mass is 9.83. The van der Waals surface area contributed by atoms with Gasteiger partial charge in [0.2, 0.25) is 20.4 Å². The van der Waals surface area contributed by atoms with Gasteiger partial charge < -0.3 is 58.0 Å².